The largest absolute Gasteiger partial charge is 0.356 e. The summed E-state index contributed by atoms with van der Waals surface area (Å²) in [6.45, 7) is 2.79. The van der Waals surface area contributed by atoms with Crippen LogP contribution >= 0.6 is 0 Å². The molecule has 1 N–H and O–H groups in total. The van der Waals surface area contributed by atoms with Crippen molar-refractivity contribution in [2.45, 2.75) is 25.7 Å². The molecule has 4 heteroatoms. The van der Waals surface area contributed by atoms with Gasteiger partial charge in [-0.05, 0) is 43.7 Å². The predicted octanol–water partition coefficient (Wildman–Crippen LogP) is 2.97. The number of pyridine rings is 1. The molecule has 2 aliphatic rings. The van der Waals surface area contributed by atoms with E-state index in [4.69, 9.17) is 4.98 Å². The van der Waals surface area contributed by atoms with E-state index in [0.717, 1.165) is 41.9 Å². The Morgan fingerprint density at radius 3 is 2.77 bits per heavy atom. The minimum atomic E-state index is 0.0204. The van der Waals surface area contributed by atoms with Crippen LogP contribution in [0.2, 0.25) is 0 Å². The fourth-order valence-electron chi connectivity index (χ4n) is 3.10. The standard InChI is InChI=1S/C18H21N3O/c22-18(19-12-13-7-8-13)15-11-14-5-1-2-6-16(14)20-17(15)21-9-3-4-10-21/h1-2,5-6,11,13H,3-4,7-10,12H2,(H,19,22). The number of hydrogen-bond acceptors (Lipinski definition) is 3. The van der Waals surface area contributed by atoms with Gasteiger partial charge in [-0.25, -0.2) is 4.98 Å². The van der Waals surface area contributed by atoms with Gasteiger partial charge in [0.25, 0.3) is 5.91 Å². The number of nitrogens with one attached hydrogen (secondary N) is 1. The molecule has 4 nitrogen and oxygen atoms in total. The van der Waals surface area contributed by atoms with Gasteiger partial charge in [-0.3, -0.25) is 4.79 Å². The van der Waals surface area contributed by atoms with Gasteiger partial charge in [0, 0.05) is 25.0 Å². The highest BCUT2D eigenvalue weighted by molar-refractivity contribution is 6.02. The summed E-state index contributed by atoms with van der Waals surface area (Å²) < 4.78 is 0. The Morgan fingerprint density at radius 2 is 2.00 bits per heavy atom. The van der Waals surface area contributed by atoms with Crippen molar-refractivity contribution in [3.05, 3.63) is 35.9 Å². The number of rotatable bonds is 4. The average Bonchev–Trinajstić information content (AvgIpc) is 3.23. The second-order valence-electron chi connectivity index (χ2n) is 6.40. The van der Waals surface area contributed by atoms with E-state index in [2.05, 4.69) is 10.2 Å². The highest BCUT2D eigenvalue weighted by atomic mass is 16.1. The van der Waals surface area contributed by atoms with Gasteiger partial charge in [0.1, 0.15) is 5.82 Å². The van der Waals surface area contributed by atoms with Crippen LogP contribution in [-0.2, 0) is 0 Å². The minimum absolute atomic E-state index is 0.0204. The van der Waals surface area contributed by atoms with Gasteiger partial charge in [0.15, 0.2) is 0 Å². The van der Waals surface area contributed by atoms with Crippen LogP contribution < -0.4 is 10.2 Å². The summed E-state index contributed by atoms with van der Waals surface area (Å²) in [6.07, 6.45) is 4.85. The molecule has 2 heterocycles. The van der Waals surface area contributed by atoms with E-state index in [1.807, 2.05) is 30.3 Å². The van der Waals surface area contributed by atoms with Gasteiger partial charge in [0.05, 0.1) is 11.1 Å². The van der Waals surface area contributed by atoms with Crippen LogP contribution in [0, 0.1) is 5.92 Å². The number of amides is 1. The number of fused-ring (bicyclic) bond motifs is 1. The third-order valence-corrected chi connectivity index (χ3v) is 4.60. The van der Waals surface area contributed by atoms with Gasteiger partial charge < -0.3 is 10.2 Å². The van der Waals surface area contributed by atoms with E-state index in [1.165, 1.54) is 25.7 Å². The second-order valence-corrected chi connectivity index (χ2v) is 6.40. The number of anilines is 1. The topological polar surface area (TPSA) is 45.2 Å². The number of benzene rings is 1. The van der Waals surface area contributed by atoms with Crippen LogP contribution in [0.15, 0.2) is 30.3 Å². The molecule has 2 fully saturated rings. The van der Waals surface area contributed by atoms with Crippen molar-refractivity contribution in [1.29, 1.82) is 0 Å². The Morgan fingerprint density at radius 1 is 1.23 bits per heavy atom. The fourth-order valence-corrected chi connectivity index (χ4v) is 3.10. The smallest absolute Gasteiger partial charge is 0.255 e. The molecule has 0 unspecified atom stereocenters. The molecular formula is C18H21N3O. The van der Waals surface area contributed by atoms with Crippen molar-refractivity contribution in [1.82, 2.24) is 10.3 Å². The number of hydrogen-bond donors (Lipinski definition) is 1. The number of carbonyl (C=O) groups excluding carboxylic acids is 1. The average molecular weight is 295 g/mol. The van der Waals surface area contributed by atoms with Crippen LogP contribution in [0.3, 0.4) is 0 Å². The Labute approximate surface area is 130 Å². The quantitative estimate of drug-likeness (QED) is 0.943. The highest BCUT2D eigenvalue weighted by Crippen LogP contribution is 2.29. The van der Waals surface area contributed by atoms with Crippen molar-refractivity contribution < 1.29 is 4.79 Å². The van der Waals surface area contributed by atoms with Crippen molar-refractivity contribution in [2.24, 2.45) is 5.92 Å². The summed E-state index contributed by atoms with van der Waals surface area (Å²) in [5, 5.41) is 4.11. The zero-order chi connectivity index (χ0) is 14.9. The predicted molar refractivity (Wildman–Crippen MR) is 88.2 cm³/mol. The fraction of sp³-hybridized carbons (Fsp3) is 0.444. The van der Waals surface area contributed by atoms with Crippen LogP contribution in [0.5, 0.6) is 0 Å². The number of nitrogens with zero attached hydrogens (tertiary/aromatic N) is 2. The Kier molecular flexibility index (Phi) is 3.45. The normalized spacial score (nSPS) is 17.9. The summed E-state index contributed by atoms with van der Waals surface area (Å²) >= 11 is 0. The lowest BCUT2D eigenvalue weighted by molar-refractivity contribution is 0.0952. The lowest BCUT2D eigenvalue weighted by Crippen LogP contribution is -2.29. The third-order valence-electron chi connectivity index (χ3n) is 4.60. The first-order valence-electron chi connectivity index (χ1n) is 8.24. The van der Waals surface area contributed by atoms with Crippen LogP contribution in [0.25, 0.3) is 10.9 Å². The monoisotopic (exact) mass is 295 g/mol. The van der Waals surface area contributed by atoms with E-state index in [0.29, 0.717) is 5.92 Å². The van der Waals surface area contributed by atoms with Gasteiger partial charge in [-0.2, -0.15) is 0 Å². The number of para-hydroxylation sites is 1. The van der Waals surface area contributed by atoms with E-state index in [9.17, 15) is 4.79 Å². The molecule has 2 aromatic rings. The summed E-state index contributed by atoms with van der Waals surface area (Å²) in [5.41, 5.74) is 1.68. The number of carbonyl (C=O) groups is 1. The molecule has 22 heavy (non-hydrogen) atoms. The molecule has 114 valence electrons. The first-order valence-corrected chi connectivity index (χ1v) is 8.24. The third kappa shape index (κ3) is 2.65. The summed E-state index contributed by atoms with van der Waals surface area (Å²) in [5.74, 6) is 1.56. The van der Waals surface area contributed by atoms with Crippen molar-refractivity contribution in [2.75, 3.05) is 24.5 Å². The van der Waals surface area contributed by atoms with E-state index in [-0.39, 0.29) is 5.91 Å². The summed E-state index contributed by atoms with van der Waals surface area (Å²) in [6, 6.07) is 10.0. The van der Waals surface area contributed by atoms with Crippen molar-refractivity contribution in [3.8, 4) is 0 Å². The van der Waals surface area contributed by atoms with E-state index >= 15 is 0 Å². The van der Waals surface area contributed by atoms with Crippen LogP contribution in [-0.4, -0.2) is 30.5 Å². The molecule has 1 aliphatic heterocycles. The van der Waals surface area contributed by atoms with Crippen molar-refractivity contribution in [3.63, 3.8) is 0 Å². The molecule has 1 aromatic heterocycles. The molecule has 0 bridgehead atoms. The zero-order valence-electron chi connectivity index (χ0n) is 12.7. The molecule has 0 atom stereocenters. The van der Waals surface area contributed by atoms with Gasteiger partial charge in [-0.1, -0.05) is 18.2 Å². The van der Waals surface area contributed by atoms with Crippen molar-refractivity contribution >= 4 is 22.6 Å². The molecule has 0 spiro atoms. The van der Waals surface area contributed by atoms with E-state index < -0.39 is 0 Å². The lowest BCUT2D eigenvalue weighted by atomic mass is 10.1. The van der Waals surface area contributed by atoms with E-state index in [1.54, 1.807) is 0 Å². The Hall–Kier alpha value is -2.10. The minimum Gasteiger partial charge on any atom is -0.356 e. The maximum atomic E-state index is 12.6. The number of aromatic nitrogens is 1. The maximum Gasteiger partial charge on any atom is 0.255 e. The Bertz CT molecular complexity index is 703. The molecule has 1 saturated carbocycles. The molecule has 1 aliphatic carbocycles. The molecule has 4 rings (SSSR count). The van der Waals surface area contributed by atoms with Gasteiger partial charge in [-0.15, -0.1) is 0 Å². The maximum absolute atomic E-state index is 12.6. The van der Waals surface area contributed by atoms with Gasteiger partial charge in [0.2, 0.25) is 0 Å². The molecule has 1 saturated heterocycles. The Balaban J connectivity index is 1.71. The summed E-state index contributed by atoms with van der Waals surface area (Å²) in [4.78, 5) is 19.7. The first-order chi connectivity index (χ1) is 10.8. The molecule has 1 aromatic carbocycles. The van der Waals surface area contributed by atoms with Crippen LogP contribution in [0.1, 0.15) is 36.0 Å². The summed E-state index contributed by atoms with van der Waals surface area (Å²) in [7, 11) is 0. The molecular weight excluding hydrogens is 274 g/mol. The SMILES string of the molecule is O=C(NCC1CC1)c1cc2ccccc2nc1N1CCCC1. The zero-order valence-corrected chi connectivity index (χ0v) is 12.7. The van der Waals surface area contributed by atoms with Gasteiger partial charge >= 0.3 is 0 Å². The highest BCUT2D eigenvalue weighted by Gasteiger charge is 2.25. The lowest BCUT2D eigenvalue weighted by Gasteiger charge is -2.20. The van der Waals surface area contributed by atoms with Crippen LogP contribution in [0.4, 0.5) is 5.82 Å². The molecule has 0 radical (unpaired) electrons. The molecule has 1 amide bonds. The first kappa shape index (κ1) is 13.6. The second kappa shape index (κ2) is 5.59.